The number of nitrogens with zero attached hydrogens (tertiary/aromatic N) is 2. The van der Waals surface area contributed by atoms with E-state index in [-0.39, 0.29) is 10.6 Å². The number of fused-ring (bicyclic) bond motifs is 1. The Balaban J connectivity index is 1.79. The average Bonchev–Trinajstić information content (AvgIpc) is 3.00. The monoisotopic (exact) mass is 403 g/mol. The maximum absolute atomic E-state index is 12.1. The van der Waals surface area contributed by atoms with Crippen LogP contribution < -0.4 is 5.32 Å². The second-order valence-corrected chi connectivity index (χ2v) is 8.61. The molecular weight excluding hydrogens is 390 g/mol. The van der Waals surface area contributed by atoms with Crippen LogP contribution in [0.4, 0.5) is 10.8 Å². The lowest BCUT2D eigenvalue weighted by molar-refractivity contribution is -0.385. The molecular formula is C17H13N3O5S2. The van der Waals surface area contributed by atoms with E-state index in [0.717, 1.165) is 17.6 Å². The number of thiazole rings is 1. The van der Waals surface area contributed by atoms with Gasteiger partial charge in [-0.3, -0.25) is 20.2 Å². The summed E-state index contributed by atoms with van der Waals surface area (Å²) in [6.45, 7) is 0. The molecule has 0 spiro atoms. The molecule has 10 heteroatoms. The molecule has 0 atom stereocenters. The Morgan fingerprint density at radius 3 is 2.70 bits per heavy atom. The number of hydrogen-bond donors (Lipinski definition) is 1. The van der Waals surface area contributed by atoms with Crippen molar-refractivity contribution in [2.75, 3.05) is 11.6 Å². The standard InChI is InChI=1S/C17H13N3O5S2/c1-27(24,25)12-7-8-13-15(10-12)26-17(18-13)19-16(21)9-6-11-4-2-3-5-14(11)20(22)23/h2-10H,1H3,(H,18,19,21). The van der Waals surface area contributed by atoms with E-state index < -0.39 is 20.7 Å². The number of sulfone groups is 1. The van der Waals surface area contributed by atoms with Gasteiger partial charge in [-0.25, -0.2) is 13.4 Å². The van der Waals surface area contributed by atoms with Crippen molar-refractivity contribution in [2.45, 2.75) is 4.90 Å². The molecule has 0 bridgehead atoms. The van der Waals surface area contributed by atoms with Gasteiger partial charge in [0.2, 0.25) is 5.91 Å². The number of benzene rings is 2. The molecule has 8 nitrogen and oxygen atoms in total. The SMILES string of the molecule is CS(=O)(=O)c1ccc2nc(NC(=O)C=Cc3ccccc3[N+](=O)[O-])sc2c1. The molecule has 1 heterocycles. The van der Waals surface area contributed by atoms with E-state index >= 15 is 0 Å². The van der Waals surface area contributed by atoms with Gasteiger partial charge in [0.05, 0.1) is 25.6 Å². The first-order valence-corrected chi connectivity index (χ1v) is 10.3. The first-order chi connectivity index (χ1) is 12.7. The third-order valence-electron chi connectivity index (χ3n) is 3.57. The van der Waals surface area contributed by atoms with Crippen LogP contribution in [0.3, 0.4) is 0 Å². The Labute approximate surface area is 158 Å². The minimum absolute atomic E-state index is 0.102. The van der Waals surface area contributed by atoms with Crippen LogP contribution in [0.15, 0.2) is 53.4 Å². The molecule has 0 aliphatic carbocycles. The molecule has 3 aromatic rings. The molecule has 0 saturated carbocycles. The molecule has 0 radical (unpaired) electrons. The van der Waals surface area contributed by atoms with Crippen molar-refractivity contribution in [2.24, 2.45) is 0 Å². The Morgan fingerprint density at radius 2 is 2.00 bits per heavy atom. The van der Waals surface area contributed by atoms with Gasteiger partial charge in [-0.15, -0.1) is 0 Å². The summed E-state index contributed by atoms with van der Waals surface area (Å²) in [6, 6.07) is 10.6. The van der Waals surface area contributed by atoms with Gasteiger partial charge >= 0.3 is 0 Å². The molecule has 138 valence electrons. The molecule has 0 aliphatic rings. The largest absolute Gasteiger partial charge is 0.298 e. The van der Waals surface area contributed by atoms with E-state index in [1.54, 1.807) is 18.2 Å². The van der Waals surface area contributed by atoms with Crippen LogP contribution in [-0.2, 0) is 14.6 Å². The van der Waals surface area contributed by atoms with E-state index in [4.69, 9.17) is 0 Å². The lowest BCUT2D eigenvalue weighted by atomic mass is 10.1. The summed E-state index contributed by atoms with van der Waals surface area (Å²) in [7, 11) is -3.33. The minimum Gasteiger partial charge on any atom is -0.298 e. The second kappa shape index (κ2) is 7.25. The first-order valence-electron chi connectivity index (χ1n) is 7.57. The number of hydrogen-bond acceptors (Lipinski definition) is 7. The normalized spacial score (nSPS) is 11.7. The van der Waals surface area contributed by atoms with Crippen molar-refractivity contribution < 1.29 is 18.1 Å². The highest BCUT2D eigenvalue weighted by molar-refractivity contribution is 7.90. The number of rotatable bonds is 5. The third-order valence-corrected chi connectivity index (χ3v) is 5.61. The molecule has 0 saturated heterocycles. The van der Waals surface area contributed by atoms with Crippen molar-refractivity contribution in [3.05, 3.63) is 64.2 Å². The zero-order chi connectivity index (χ0) is 19.6. The minimum atomic E-state index is -3.33. The van der Waals surface area contributed by atoms with Gasteiger partial charge in [-0.05, 0) is 30.3 Å². The predicted molar refractivity (Wildman–Crippen MR) is 103 cm³/mol. The maximum Gasteiger partial charge on any atom is 0.276 e. The number of carbonyl (C=O) groups excluding carboxylic acids is 1. The van der Waals surface area contributed by atoms with Crippen LogP contribution in [0.1, 0.15) is 5.56 Å². The Kier molecular flexibility index (Phi) is 5.02. The number of anilines is 1. The van der Waals surface area contributed by atoms with Gasteiger partial charge in [-0.1, -0.05) is 23.5 Å². The van der Waals surface area contributed by atoms with E-state index in [2.05, 4.69) is 10.3 Å². The summed E-state index contributed by atoms with van der Waals surface area (Å²) in [5.41, 5.74) is 0.764. The lowest BCUT2D eigenvalue weighted by Crippen LogP contribution is -2.07. The third kappa shape index (κ3) is 4.36. The second-order valence-electron chi connectivity index (χ2n) is 5.56. The van der Waals surface area contributed by atoms with Crippen LogP contribution in [0.2, 0.25) is 0 Å². The number of nitrogens with one attached hydrogen (secondary N) is 1. The Hall–Kier alpha value is -3.11. The van der Waals surface area contributed by atoms with Gasteiger partial charge in [-0.2, -0.15) is 0 Å². The van der Waals surface area contributed by atoms with Crippen LogP contribution in [0.25, 0.3) is 16.3 Å². The first kappa shape index (κ1) is 18.7. The number of nitro groups is 1. The Morgan fingerprint density at radius 1 is 1.26 bits per heavy atom. The predicted octanol–water partition coefficient (Wildman–Crippen LogP) is 3.26. The van der Waals surface area contributed by atoms with Gasteiger partial charge in [0.1, 0.15) is 0 Å². The lowest BCUT2D eigenvalue weighted by Gasteiger charge is -1.97. The molecule has 3 rings (SSSR count). The van der Waals surface area contributed by atoms with Crippen molar-refractivity contribution in [3.8, 4) is 0 Å². The van der Waals surface area contributed by atoms with Gasteiger partial charge < -0.3 is 0 Å². The summed E-state index contributed by atoms with van der Waals surface area (Å²) in [4.78, 5) is 26.9. The molecule has 2 aromatic carbocycles. The van der Waals surface area contributed by atoms with E-state index in [0.29, 0.717) is 20.9 Å². The molecule has 1 N–H and O–H groups in total. The van der Waals surface area contributed by atoms with Gasteiger partial charge in [0.15, 0.2) is 15.0 Å². The quantitative estimate of drug-likeness (QED) is 0.397. The zero-order valence-corrected chi connectivity index (χ0v) is 15.6. The molecule has 0 aliphatic heterocycles. The molecule has 0 unspecified atom stereocenters. The highest BCUT2D eigenvalue weighted by Crippen LogP contribution is 2.28. The van der Waals surface area contributed by atoms with Crippen molar-refractivity contribution in [1.29, 1.82) is 0 Å². The van der Waals surface area contributed by atoms with Crippen LogP contribution in [0.5, 0.6) is 0 Å². The molecule has 0 fully saturated rings. The average molecular weight is 403 g/mol. The summed E-state index contributed by atoms with van der Waals surface area (Å²) in [6.07, 6.45) is 3.64. The smallest absolute Gasteiger partial charge is 0.276 e. The number of carbonyl (C=O) groups is 1. The van der Waals surface area contributed by atoms with Crippen molar-refractivity contribution >= 4 is 54.2 Å². The van der Waals surface area contributed by atoms with E-state index in [1.807, 2.05) is 0 Å². The van der Waals surface area contributed by atoms with Crippen LogP contribution in [-0.4, -0.2) is 30.5 Å². The fraction of sp³-hybridized carbons (Fsp3) is 0.0588. The van der Waals surface area contributed by atoms with Crippen molar-refractivity contribution in [3.63, 3.8) is 0 Å². The number of para-hydroxylation sites is 1. The summed E-state index contributed by atoms with van der Waals surface area (Å²) < 4.78 is 23.8. The molecule has 27 heavy (non-hydrogen) atoms. The number of amides is 1. The van der Waals surface area contributed by atoms with Gasteiger partial charge in [0.25, 0.3) is 5.69 Å². The number of aromatic nitrogens is 1. The highest BCUT2D eigenvalue weighted by Gasteiger charge is 2.12. The van der Waals surface area contributed by atoms with Crippen molar-refractivity contribution in [1.82, 2.24) is 4.98 Å². The van der Waals surface area contributed by atoms with Crippen LogP contribution >= 0.6 is 11.3 Å². The summed E-state index contributed by atoms with van der Waals surface area (Å²) in [5, 5.41) is 13.8. The zero-order valence-electron chi connectivity index (χ0n) is 13.9. The number of nitro benzene ring substituents is 1. The van der Waals surface area contributed by atoms with E-state index in [1.165, 1.54) is 36.4 Å². The molecule has 1 aromatic heterocycles. The highest BCUT2D eigenvalue weighted by atomic mass is 32.2. The fourth-order valence-electron chi connectivity index (χ4n) is 2.30. The fourth-order valence-corrected chi connectivity index (χ4v) is 3.93. The summed E-state index contributed by atoms with van der Waals surface area (Å²) >= 11 is 1.14. The topological polar surface area (TPSA) is 119 Å². The van der Waals surface area contributed by atoms with Gasteiger partial charge in [0, 0.05) is 18.4 Å². The van der Waals surface area contributed by atoms with Crippen LogP contribution in [0, 0.1) is 10.1 Å². The molecule has 1 amide bonds. The maximum atomic E-state index is 12.1. The Bertz CT molecular complexity index is 1180. The van der Waals surface area contributed by atoms with E-state index in [9.17, 15) is 23.3 Å². The summed E-state index contributed by atoms with van der Waals surface area (Å²) in [5.74, 6) is -0.504.